The van der Waals surface area contributed by atoms with Gasteiger partial charge in [0.05, 0.1) is 6.61 Å². The number of piperazine rings is 1. The van der Waals surface area contributed by atoms with Crippen LogP contribution >= 0.6 is 0 Å². The predicted octanol–water partition coefficient (Wildman–Crippen LogP) is 1.84. The second kappa shape index (κ2) is 9.35. The standard InChI is InChI=1S/C18H29N5O3/c1-5-26-18(25)23-10-8-22(9-11-23)16-12-15(20-14(4)21-16)17(24)19-7-6-13(2)3/h12-13H,5-11H2,1-4H3,(H,19,24). The molecule has 1 aliphatic rings. The van der Waals surface area contributed by atoms with Crippen molar-refractivity contribution >= 4 is 17.8 Å². The molecule has 8 heteroatoms. The van der Waals surface area contributed by atoms with Gasteiger partial charge in [0.15, 0.2) is 0 Å². The zero-order valence-corrected chi connectivity index (χ0v) is 16.1. The molecule has 0 bridgehead atoms. The van der Waals surface area contributed by atoms with Gasteiger partial charge in [0, 0.05) is 38.8 Å². The lowest BCUT2D eigenvalue weighted by atomic mass is 10.1. The number of carbonyl (C=O) groups excluding carboxylic acids is 2. The highest BCUT2D eigenvalue weighted by molar-refractivity contribution is 5.92. The molecule has 0 saturated carbocycles. The van der Waals surface area contributed by atoms with Crippen molar-refractivity contribution in [1.82, 2.24) is 20.2 Å². The molecule has 0 atom stereocenters. The summed E-state index contributed by atoms with van der Waals surface area (Å²) in [5.74, 6) is 1.63. The third-order valence-electron chi connectivity index (χ3n) is 4.19. The molecular formula is C18H29N5O3. The molecule has 0 radical (unpaired) electrons. The lowest BCUT2D eigenvalue weighted by Crippen LogP contribution is -2.49. The van der Waals surface area contributed by atoms with Crippen molar-refractivity contribution in [3.63, 3.8) is 0 Å². The first-order chi connectivity index (χ1) is 12.4. The molecule has 1 N–H and O–H groups in total. The van der Waals surface area contributed by atoms with Crippen molar-refractivity contribution in [2.45, 2.75) is 34.1 Å². The Kier molecular flexibility index (Phi) is 7.17. The number of nitrogens with one attached hydrogen (secondary N) is 1. The number of aromatic nitrogens is 2. The summed E-state index contributed by atoms with van der Waals surface area (Å²) < 4.78 is 5.04. The molecule has 0 aromatic carbocycles. The summed E-state index contributed by atoms with van der Waals surface area (Å²) in [4.78, 5) is 36.6. The summed E-state index contributed by atoms with van der Waals surface area (Å²) in [6.45, 7) is 11.2. The Bertz CT molecular complexity index is 627. The number of aryl methyl sites for hydroxylation is 1. The fourth-order valence-corrected chi connectivity index (χ4v) is 2.73. The maximum absolute atomic E-state index is 12.3. The maximum Gasteiger partial charge on any atom is 0.409 e. The summed E-state index contributed by atoms with van der Waals surface area (Å²) in [5.41, 5.74) is 0.379. The summed E-state index contributed by atoms with van der Waals surface area (Å²) in [6.07, 6.45) is 0.648. The highest BCUT2D eigenvalue weighted by Crippen LogP contribution is 2.16. The molecule has 2 heterocycles. The lowest BCUT2D eigenvalue weighted by Gasteiger charge is -2.34. The van der Waals surface area contributed by atoms with Crippen molar-refractivity contribution in [3.05, 3.63) is 17.6 Å². The smallest absolute Gasteiger partial charge is 0.409 e. The van der Waals surface area contributed by atoms with Crippen molar-refractivity contribution in [3.8, 4) is 0 Å². The Morgan fingerprint density at radius 3 is 2.54 bits per heavy atom. The average Bonchev–Trinajstić information content (AvgIpc) is 2.61. The van der Waals surface area contributed by atoms with Gasteiger partial charge in [-0.2, -0.15) is 0 Å². The van der Waals surface area contributed by atoms with E-state index in [9.17, 15) is 9.59 Å². The van der Waals surface area contributed by atoms with Crippen LogP contribution in [0, 0.1) is 12.8 Å². The topological polar surface area (TPSA) is 87.7 Å². The number of anilines is 1. The number of nitrogens with zero attached hydrogens (tertiary/aromatic N) is 4. The molecule has 26 heavy (non-hydrogen) atoms. The van der Waals surface area contributed by atoms with E-state index in [1.54, 1.807) is 24.8 Å². The van der Waals surface area contributed by atoms with Crippen LogP contribution in [0.1, 0.15) is 43.5 Å². The largest absolute Gasteiger partial charge is 0.450 e. The molecule has 1 fully saturated rings. The van der Waals surface area contributed by atoms with Crippen LogP contribution in [0.5, 0.6) is 0 Å². The van der Waals surface area contributed by atoms with Crippen LogP contribution in [0.3, 0.4) is 0 Å². The van der Waals surface area contributed by atoms with E-state index in [2.05, 4.69) is 34.0 Å². The highest BCUT2D eigenvalue weighted by Gasteiger charge is 2.23. The van der Waals surface area contributed by atoms with E-state index in [0.29, 0.717) is 56.8 Å². The Hall–Kier alpha value is -2.38. The van der Waals surface area contributed by atoms with Gasteiger partial charge in [0.1, 0.15) is 17.3 Å². The van der Waals surface area contributed by atoms with Gasteiger partial charge in [0.2, 0.25) is 0 Å². The molecule has 1 saturated heterocycles. The van der Waals surface area contributed by atoms with Gasteiger partial charge in [-0.05, 0) is 26.2 Å². The highest BCUT2D eigenvalue weighted by atomic mass is 16.6. The van der Waals surface area contributed by atoms with Gasteiger partial charge in [-0.1, -0.05) is 13.8 Å². The SMILES string of the molecule is CCOC(=O)N1CCN(c2cc(C(=O)NCCC(C)C)nc(C)n2)CC1. The Balaban J connectivity index is 1.99. The van der Waals surface area contributed by atoms with Crippen LogP contribution in [-0.4, -0.2) is 66.2 Å². The van der Waals surface area contributed by atoms with Crippen LogP contribution in [0.25, 0.3) is 0 Å². The van der Waals surface area contributed by atoms with E-state index in [4.69, 9.17) is 4.74 Å². The van der Waals surface area contributed by atoms with Crippen LogP contribution < -0.4 is 10.2 Å². The van der Waals surface area contributed by atoms with Crippen molar-refractivity contribution in [2.75, 3.05) is 44.2 Å². The molecule has 144 valence electrons. The number of carbonyl (C=O) groups is 2. The van der Waals surface area contributed by atoms with Crippen molar-refractivity contribution in [1.29, 1.82) is 0 Å². The van der Waals surface area contributed by atoms with E-state index in [1.165, 1.54) is 0 Å². The predicted molar refractivity (Wildman–Crippen MR) is 99.4 cm³/mol. The van der Waals surface area contributed by atoms with Gasteiger partial charge in [0.25, 0.3) is 5.91 Å². The minimum Gasteiger partial charge on any atom is -0.450 e. The Morgan fingerprint density at radius 2 is 1.92 bits per heavy atom. The lowest BCUT2D eigenvalue weighted by molar-refractivity contribution is 0.0946. The van der Waals surface area contributed by atoms with Crippen LogP contribution in [-0.2, 0) is 4.74 Å². The molecule has 0 unspecified atom stereocenters. The van der Waals surface area contributed by atoms with E-state index < -0.39 is 0 Å². The van der Waals surface area contributed by atoms with Crippen molar-refractivity contribution in [2.24, 2.45) is 5.92 Å². The summed E-state index contributed by atoms with van der Waals surface area (Å²) in [6, 6.07) is 1.72. The normalized spacial score (nSPS) is 14.5. The fraction of sp³-hybridized carbons (Fsp3) is 0.667. The molecule has 1 aromatic heterocycles. The zero-order chi connectivity index (χ0) is 19.1. The van der Waals surface area contributed by atoms with Gasteiger partial charge >= 0.3 is 6.09 Å². The number of amides is 2. The van der Waals surface area contributed by atoms with Crippen LogP contribution in [0.4, 0.5) is 10.6 Å². The third kappa shape index (κ3) is 5.57. The number of hydrogen-bond donors (Lipinski definition) is 1. The molecule has 2 amide bonds. The molecule has 0 aliphatic carbocycles. The molecular weight excluding hydrogens is 334 g/mol. The van der Waals surface area contributed by atoms with Crippen LogP contribution in [0.2, 0.25) is 0 Å². The second-order valence-electron chi connectivity index (χ2n) is 6.77. The van der Waals surface area contributed by atoms with Gasteiger partial charge in [-0.15, -0.1) is 0 Å². The minimum atomic E-state index is -0.281. The first-order valence-electron chi connectivity index (χ1n) is 9.21. The number of rotatable bonds is 6. The molecule has 2 rings (SSSR count). The van der Waals surface area contributed by atoms with E-state index >= 15 is 0 Å². The van der Waals surface area contributed by atoms with Crippen LogP contribution in [0.15, 0.2) is 6.07 Å². The van der Waals surface area contributed by atoms with E-state index in [-0.39, 0.29) is 12.0 Å². The third-order valence-corrected chi connectivity index (χ3v) is 4.19. The van der Waals surface area contributed by atoms with Gasteiger partial charge in [-0.3, -0.25) is 4.79 Å². The first kappa shape index (κ1) is 19.9. The zero-order valence-electron chi connectivity index (χ0n) is 16.1. The minimum absolute atomic E-state index is 0.178. The molecule has 1 aliphatic heterocycles. The van der Waals surface area contributed by atoms with E-state index in [0.717, 1.165) is 12.2 Å². The molecule has 1 aromatic rings. The Morgan fingerprint density at radius 1 is 1.23 bits per heavy atom. The fourth-order valence-electron chi connectivity index (χ4n) is 2.73. The monoisotopic (exact) mass is 363 g/mol. The van der Waals surface area contributed by atoms with E-state index in [1.807, 2.05) is 0 Å². The Labute approximate surface area is 154 Å². The molecule has 0 spiro atoms. The maximum atomic E-state index is 12.3. The van der Waals surface area contributed by atoms with Gasteiger partial charge in [-0.25, -0.2) is 14.8 Å². The number of ether oxygens (including phenoxy) is 1. The average molecular weight is 363 g/mol. The summed E-state index contributed by atoms with van der Waals surface area (Å²) >= 11 is 0. The first-order valence-corrected chi connectivity index (χ1v) is 9.21. The summed E-state index contributed by atoms with van der Waals surface area (Å²) in [7, 11) is 0. The van der Waals surface area contributed by atoms with Crippen molar-refractivity contribution < 1.29 is 14.3 Å². The summed E-state index contributed by atoms with van der Waals surface area (Å²) in [5, 5.41) is 2.91. The second-order valence-corrected chi connectivity index (χ2v) is 6.77. The number of hydrogen-bond acceptors (Lipinski definition) is 6. The molecule has 8 nitrogen and oxygen atoms in total. The van der Waals surface area contributed by atoms with Gasteiger partial charge < -0.3 is 19.9 Å². The quantitative estimate of drug-likeness (QED) is 0.830.